The normalized spacial score (nSPS) is 50.7. The maximum Gasteiger partial charge on any atom is 0.149 e. The summed E-state index contributed by atoms with van der Waals surface area (Å²) in [7, 11) is -0.212. The predicted octanol–water partition coefficient (Wildman–Crippen LogP) is 2.16. The fourth-order valence-corrected chi connectivity index (χ4v) is 35.3. The third-order valence-corrected chi connectivity index (χ3v) is 28.8. The van der Waals surface area contributed by atoms with Gasteiger partial charge in [-0.1, -0.05) is 22.7 Å². The SMILES string of the molecule is Cl[Si]12C[Si]C[Si](Cl)(C[Si]C1)C2. The standard InChI is InChI=1S/C5H10Cl2Si4/c6-10-1-8-2-11(7,5-10)4-9-3-10/h1-5H2. The molecule has 0 amide bonds. The summed E-state index contributed by atoms with van der Waals surface area (Å²) < 4.78 is 0. The van der Waals surface area contributed by atoms with Crippen LogP contribution in [0.3, 0.4) is 0 Å². The number of fused-ring (bicyclic) bond motifs is 2. The molecule has 0 spiro atoms. The van der Waals surface area contributed by atoms with Crippen molar-refractivity contribution in [1.82, 2.24) is 0 Å². The molecule has 0 nitrogen and oxygen atoms in total. The summed E-state index contributed by atoms with van der Waals surface area (Å²) >= 11 is 13.2. The van der Waals surface area contributed by atoms with Crippen LogP contribution >= 0.6 is 22.2 Å². The first-order valence-corrected chi connectivity index (χ1v) is 14.0. The lowest BCUT2D eigenvalue weighted by molar-refractivity contribution is 1.44. The molecule has 6 heteroatoms. The molecule has 0 aromatic carbocycles. The molecule has 0 atom stereocenters. The van der Waals surface area contributed by atoms with Crippen LogP contribution in [-0.4, -0.2) is 33.8 Å². The average Bonchev–Trinajstić information content (AvgIpc) is 1.83. The minimum atomic E-state index is -1.23. The largest absolute Gasteiger partial charge is 0.168 e. The Balaban J connectivity index is 2.16. The zero-order valence-electron chi connectivity index (χ0n) is 6.29. The fraction of sp³-hybridized carbons (Fsp3) is 1.00. The van der Waals surface area contributed by atoms with Crippen LogP contribution in [0.15, 0.2) is 0 Å². The number of halogens is 2. The second-order valence-corrected chi connectivity index (χ2v) is 21.2. The van der Waals surface area contributed by atoms with E-state index in [1.807, 2.05) is 0 Å². The Morgan fingerprint density at radius 1 is 0.818 bits per heavy atom. The van der Waals surface area contributed by atoms with E-state index >= 15 is 0 Å². The molecule has 2 fully saturated rings. The molecule has 2 bridgehead atoms. The highest BCUT2D eigenvalue weighted by molar-refractivity contribution is 7.40. The van der Waals surface area contributed by atoms with Crippen molar-refractivity contribution in [3.8, 4) is 0 Å². The van der Waals surface area contributed by atoms with Crippen molar-refractivity contribution in [1.29, 1.82) is 0 Å². The Bertz CT molecular complexity index is 148. The third kappa shape index (κ3) is 1.86. The summed E-state index contributed by atoms with van der Waals surface area (Å²) in [4.78, 5) is 0. The summed E-state index contributed by atoms with van der Waals surface area (Å²) in [6.45, 7) is 0. The highest BCUT2D eigenvalue weighted by Gasteiger charge is 2.49. The molecule has 2 heterocycles. The average molecular weight is 253 g/mol. The van der Waals surface area contributed by atoms with Gasteiger partial charge in [0, 0.05) is 19.0 Å². The number of hydrogen-bond donors (Lipinski definition) is 0. The van der Waals surface area contributed by atoms with Crippen LogP contribution in [0.25, 0.3) is 0 Å². The van der Waals surface area contributed by atoms with Crippen molar-refractivity contribution in [2.45, 2.75) is 28.3 Å². The van der Waals surface area contributed by atoms with Gasteiger partial charge in [-0.3, -0.25) is 0 Å². The van der Waals surface area contributed by atoms with Gasteiger partial charge < -0.3 is 0 Å². The predicted molar refractivity (Wildman–Crippen MR) is 58.8 cm³/mol. The molecule has 2 saturated heterocycles. The highest BCUT2D eigenvalue weighted by atomic mass is 35.6. The second kappa shape index (κ2) is 2.99. The summed E-state index contributed by atoms with van der Waals surface area (Å²) in [5.74, 6) is 0. The topological polar surface area (TPSA) is 0 Å². The van der Waals surface area contributed by atoms with E-state index in [0.29, 0.717) is 0 Å². The first-order chi connectivity index (χ1) is 5.12. The maximum atomic E-state index is 6.60. The molecule has 0 unspecified atom stereocenters. The summed E-state index contributed by atoms with van der Waals surface area (Å²) in [5.41, 5.74) is 6.90. The fourth-order valence-electron chi connectivity index (χ4n) is 1.96. The molecule has 2 aliphatic heterocycles. The van der Waals surface area contributed by atoms with Crippen molar-refractivity contribution < 1.29 is 0 Å². The lowest BCUT2D eigenvalue weighted by Gasteiger charge is -2.42. The monoisotopic (exact) mass is 252 g/mol. The van der Waals surface area contributed by atoms with Gasteiger partial charge >= 0.3 is 0 Å². The molecule has 0 saturated carbocycles. The van der Waals surface area contributed by atoms with Crippen LogP contribution < -0.4 is 0 Å². The van der Waals surface area contributed by atoms with Crippen molar-refractivity contribution >= 4 is 56.0 Å². The Hall–Kier alpha value is 1.45. The van der Waals surface area contributed by atoms with Gasteiger partial charge in [-0.15, -0.1) is 0 Å². The first-order valence-electron chi connectivity index (χ1n) is 3.91. The van der Waals surface area contributed by atoms with Crippen molar-refractivity contribution in [2.75, 3.05) is 0 Å². The van der Waals surface area contributed by atoms with Gasteiger partial charge in [-0.05, 0) is 5.67 Å². The molecular formula is C5H10Cl2Si4. The molecule has 0 aliphatic carbocycles. The number of hydrogen-bond acceptors (Lipinski definition) is 0. The molecule has 0 N–H and O–H groups in total. The van der Waals surface area contributed by atoms with E-state index in [0.717, 1.165) is 19.0 Å². The molecule has 2 aliphatic rings. The number of rotatable bonds is 0. The summed E-state index contributed by atoms with van der Waals surface area (Å²) in [5, 5.41) is 0. The van der Waals surface area contributed by atoms with E-state index in [4.69, 9.17) is 22.2 Å². The summed E-state index contributed by atoms with van der Waals surface area (Å²) in [6, 6.07) is 0. The van der Waals surface area contributed by atoms with Gasteiger partial charge in [0.1, 0.15) is 14.8 Å². The zero-order valence-corrected chi connectivity index (χ0v) is 11.8. The Morgan fingerprint density at radius 2 is 1.18 bits per heavy atom. The van der Waals surface area contributed by atoms with Crippen LogP contribution in [0.5, 0.6) is 0 Å². The van der Waals surface area contributed by atoms with Crippen LogP contribution in [0.1, 0.15) is 0 Å². The molecule has 0 aromatic rings. The Morgan fingerprint density at radius 3 is 1.45 bits per heavy atom. The van der Waals surface area contributed by atoms with E-state index < -0.39 is 14.8 Å². The molecule has 11 heavy (non-hydrogen) atoms. The molecular weight excluding hydrogens is 243 g/mol. The second-order valence-electron chi connectivity index (χ2n) is 3.69. The van der Waals surface area contributed by atoms with Crippen molar-refractivity contribution in [2.24, 2.45) is 0 Å². The van der Waals surface area contributed by atoms with Gasteiger partial charge in [0.15, 0.2) is 0 Å². The van der Waals surface area contributed by atoms with Crippen molar-refractivity contribution in [3.05, 3.63) is 0 Å². The zero-order chi connectivity index (χ0) is 7.95. The lowest BCUT2D eigenvalue weighted by Crippen LogP contribution is -2.53. The van der Waals surface area contributed by atoms with Crippen LogP contribution in [0, 0.1) is 0 Å². The van der Waals surface area contributed by atoms with E-state index in [-0.39, 0.29) is 0 Å². The van der Waals surface area contributed by atoms with Gasteiger partial charge in [0.2, 0.25) is 0 Å². The molecule has 0 aromatic heterocycles. The quantitative estimate of drug-likeness (QED) is 0.458. The van der Waals surface area contributed by atoms with Gasteiger partial charge in [-0.2, -0.15) is 22.2 Å². The van der Waals surface area contributed by atoms with Crippen molar-refractivity contribution in [3.63, 3.8) is 0 Å². The smallest absolute Gasteiger partial charge is 0.149 e. The minimum Gasteiger partial charge on any atom is -0.168 e. The molecule has 60 valence electrons. The van der Waals surface area contributed by atoms with E-state index in [9.17, 15) is 0 Å². The van der Waals surface area contributed by atoms with Gasteiger partial charge in [0.05, 0.1) is 0 Å². The van der Waals surface area contributed by atoms with Crippen LogP contribution in [0.4, 0.5) is 0 Å². The van der Waals surface area contributed by atoms with E-state index in [1.165, 1.54) is 28.3 Å². The first kappa shape index (κ1) is 9.02. The maximum absolute atomic E-state index is 6.60. The highest BCUT2D eigenvalue weighted by Crippen LogP contribution is 2.44. The minimum absolute atomic E-state index is 1.13. The Labute approximate surface area is 84.1 Å². The molecule has 2 rings (SSSR count). The summed E-state index contributed by atoms with van der Waals surface area (Å²) in [6.07, 6.45) is 0. The Kier molecular flexibility index (Phi) is 2.45. The van der Waals surface area contributed by atoms with Crippen LogP contribution in [0.2, 0.25) is 28.3 Å². The van der Waals surface area contributed by atoms with Crippen LogP contribution in [-0.2, 0) is 0 Å². The lowest BCUT2D eigenvalue weighted by atomic mass is 11.7. The third-order valence-electron chi connectivity index (χ3n) is 2.40. The van der Waals surface area contributed by atoms with Gasteiger partial charge in [0.25, 0.3) is 0 Å². The van der Waals surface area contributed by atoms with Gasteiger partial charge in [-0.25, -0.2) is 0 Å². The van der Waals surface area contributed by atoms with E-state index in [2.05, 4.69) is 0 Å². The van der Waals surface area contributed by atoms with E-state index in [1.54, 1.807) is 0 Å². The molecule has 4 radical (unpaired) electrons.